The highest BCUT2D eigenvalue weighted by molar-refractivity contribution is 5.26. The van der Waals surface area contributed by atoms with Crippen molar-refractivity contribution in [1.82, 2.24) is 10.2 Å². The molecule has 0 amide bonds. The van der Waals surface area contributed by atoms with Crippen LogP contribution in [-0.4, -0.2) is 36.7 Å². The van der Waals surface area contributed by atoms with Crippen molar-refractivity contribution in [2.24, 2.45) is 5.92 Å². The normalized spacial score (nSPS) is 17.5. The second-order valence-electron chi connectivity index (χ2n) is 5.06. The van der Waals surface area contributed by atoms with E-state index in [1.54, 1.807) is 6.07 Å². The Morgan fingerprint density at radius 1 is 1.35 bits per heavy atom. The van der Waals surface area contributed by atoms with Crippen LogP contribution in [0.5, 0.6) is 5.75 Å². The topological polar surface area (TPSA) is 35.5 Å². The molecule has 3 nitrogen and oxygen atoms in total. The third kappa shape index (κ3) is 4.02. The van der Waals surface area contributed by atoms with Crippen LogP contribution in [0.15, 0.2) is 24.3 Å². The average Bonchev–Trinajstić information content (AvgIpc) is 2.30. The molecule has 0 radical (unpaired) electrons. The van der Waals surface area contributed by atoms with E-state index in [1.807, 2.05) is 12.1 Å². The monoisotopic (exact) mass is 234 g/mol. The number of aromatic hydroxyl groups is 1. The summed E-state index contributed by atoms with van der Waals surface area (Å²) >= 11 is 0. The van der Waals surface area contributed by atoms with E-state index < -0.39 is 0 Å². The largest absolute Gasteiger partial charge is 0.508 e. The Balaban J connectivity index is 1.82. The van der Waals surface area contributed by atoms with Gasteiger partial charge in [0.05, 0.1) is 0 Å². The third-order valence-corrected chi connectivity index (χ3v) is 3.39. The number of benzene rings is 1. The molecule has 94 valence electrons. The van der Waals surface area contributed by atoms with Gasteiger partial charge < -0.3 is 15.3 Å². The number of nitrogens with one attached hydrogen (secondary N) is 1. The molecule has 0 atom stereocenters. The highest BCUT2D eigenvalue weighted by Crippen LogP contribution is 2.16. The zero-order valence-corrected chi connectivity index (χ0v) is 10.5. The summed E-state index contributed by atoms with van der Waals surface area (Å²) in [6.45, 7) is 4.38. The van der Waals surface area contributed by atoms with Gasteiger partial charge in [-0.1, -0.05) is 12.1 Å². The molecular weight excluding hydrogens is 212 g/mol. The van der Waals surface area contributed by atoms with Crippen LogP contribution in [0.2, 0.25) is 0 Å². The molecule has 2 rings (SSSR count). The first-order valence-electron chi connectivity index (χ1n) is 6.41. The maximum atomic E-state index is 9.42. The van der Waals surface area contributed by atoms with Crippen molar-refractivity contribution in [3.8, 4) is 5.75 Å². The van der Waals surface area contributed by atoms with Gasteiger partial charge in [-0.25, -0.2) is 0 Å². The van der Waals surface area contributed by atoms with Crippen molar-refractivity contribution < 1.29 is 5.11 Å². The second kappa shape index (κ2) is 6.03. The quantitative estimate of drug-likeness (QED) is 0.834. The van der Waals surface area contributed by atoms with E-state index in [0.717, 1.165) is 32.1 Å². The van der Waals surface area contributed by atoms with Crippen molar-refractivity contribution >= 4 is 0 Å². The standard InChI is InChI=1S/C14H22N2O/c1-16(10-12-5-7-15-8-6-12)11-13-3-2-4-14(17)9-13/h2-4,9,12,15,17H,5-8,10-11H2,1H3. The van der Waals surface area contributed by atoms with Gasteiger partial charge in [0, 0.05) is 13.1 Å². The summed E-state index contributed by atoms with van der Waals surface area (Å²) in [6.07, 6.45) is 2.56. The summed E-state index contributed by atoms with van der Waals surface area (Å²) in [6, 6.07) is 7.54. The van der Waals surface area contributed by atoms with Crippen LogP contribution in [0.3, 0.4) is 0 Å². The van der Waals surface area contributed by atoms with Crippen LogP contribution >= 0.6 is 0 Å². The summed E-state index contributed by atoms with van der Waals surface area (Å²) < 4.78 is 0. The number of hydrogen-bond donors (Lipinski definition) is 2. The summed E-state index contributed by atoms with van der Waals surface area (Å²) in [4.78, 5) is 2.35. The van der Waals surface area contributed by atoms with Gasteiger partial charge in [0.1, 0.15) is 5.75 Å². The average molecular weight is 234 g/mol. The lowest BCUT2D eigenvalue weighted by Crippen LogP contribution is -2.34. The second-order valence-corrected chi connectivity index (χ2v) is 5.06. The molecule has 0 unspecified atom stereocenters. The zero-order valence-electron chi connectivity index (χ0n) is 10.5. The van der Waals surface area contributed by atoms with Crippen molar-refractivity contribution in [1.29, 1.82) is 0 Å². The van der Waals surface area contributed by atoms with Crippen LogP contribution in [0, 0.1) is 5.92 Å². The molecule has 17 heavy (non-hydrogen) atoms. The Kier molecular flexibility index (Phi) is 4.40. The third-order valence-electron chi connectivity index (χ3n) is 3.39. The lowest BCUT2D eigenvalue weighted by atomic mass is 9.97. The van der Waals surface area contributed by atoms with E-state index in [4.69, 9.17) is 0 Å². The lowest BCUT2D eigenvalue weighted by Gasteiger charge is -2.27. The van der Waals surface area contributed by atoms with Crippen molar-refractivity contribution in [2.45, 2.75) is 19.4 Å². The van der Waals surface area contributed by atoms with E-state index in [0.29, 0.717) is 5.75 Å². The Hall–Kier alpha value is -1.06. The Morgan fingerprint density at radius 2 is 2.12 bits per heavy atom. The fourth-order valence-electron chi connectivity index (χ4n) is 2.54. The minimum absolute atomic E-state index is 0.359. The Morgan fingerprint density at radius 3 is 2.82 bits per heavy atom. The van der Waals surface area contributed by atoms with E-state index in [9.17, 15) is 5.11 Å². The zero-order chi connectivity index (χ0) is 12.1. The van der Waals surface area contributed by atoms with Crippen molar-refractivity contribution in [2.75, 3.05) is 26.7 Å². The molecule has 1 aliphatic heterocycles. The highest BCUT2D eigenvalue weighted by atomic mass is 16.3. The van der Waals surface area contributed by atoms with Gasteiger partial charge in [0.15, 0.2) is 0 Å². The van der Waals surface area contributed by atoms with E-state index >= 15 is 0 Å². The molecule has 1 aromatic carbocycles. The van der Waals surface area contributed by atoms with Crippen LogP contribution in [0.4, 0.5) is 0 Å². The molecule has 0 aromatic heterocycles. The number of nitrogens with zero attached hydrogens (tertiary/aromatic N) is 1. The predicted octanol–water partition coefficient (Wildman–Crippen LogP) is 1.82. The molecule has 1 aromatic rings. The first kappa shape index (κ1) is 12.4. The van der Waals surface area contributed by atoms with E-state index in [-0.39, 0.29) is 0 Å². The summed E-state index contributed by atoms with van der Waals surface area (Å²) in [5, 5.41) is 12.8. The van der Waals surface area contributed by atoms with Crippen molar-refractivity contribution in [3.63, 3.8) is 0 Å². The molecule has 0 aliphatic carbocycles. The molecule has 0 spiro atoms. The fourth-order valence-corrected chi connectivity index (χ4v) is 2.54. The van der Waals surface area contributed by atoms with E-state index in [2.05, 4.69) is 23.3 Å². The maximum Gasteiger partial charge on any atom is 0.115 e. The molecule has 1 fully saturated rings. The lowest BCUT2D eigenvalue weighted by molar-refractivity contribution is 0.234. The first-order valence-corrected chi connectivity index (χ1v) is 6.41. The van der Waals surface area contributed by atoms with Gasteiger partial charge in [-0.2, -0.15) is 0 Å². The van der Waals surface area contributed by atoms with Gasteiger partial charge in [-0.3, -0.25) is 0 Å². The maximum absolute atomic E-state index is 9.42. The Bertz CT molecular complexity index is 348. The van der Waals surface area contributed by atoms with Gasteiger partial charge in [-0.05, 0) is 56.6 Å². The van der Waals surface area contributed by atoms with Gasteiger partial charge >= 0.3 is 0 Å². The number of piperidine rings is 1. The van der Waals surface area contributed by atoms with Crippen LogP contribution < -0.4 is 5.32 Å². The SMILES string of the molecule is CN(Cc1cccc(O)c1)CC1CCNCC1. The first-order chi connectivity index (χ1) is 8.24. The molecule has 2 N–H and O–H groups in total. The fraction of sp³-hybridized carbons (Fsp3) is 0.571. The molecule has 0 bridgehead atoms. The predicted molar refractivity (Wildman–Crippen MR) is 70.0 cm³/mol. The smallest absolute Gasteiger partial charge is 0.115 e. The van der Waals surface area contributed by atoms with E-state index in [1.165, 1.54) is 18.4 Å². The Labute approximate surface area is 103 Å². The highest BCUT2D eigenvalue weighted by Gasteiger charge is 2.14. The van der Waals surface area contributed by atoms with Gasteiger partial charge in [-0.15, -0.1) is 0 Å². The van der Waals surface area contributed by atoms with Crippen molar-refractivity contribution in [3.05, 3.63) is 29.8 Å². The number of phenols is 1. The molecule has 3 heteroatoms. The summed E-state index contributed by atoms with van der Waals surface area (Å²) in [7, 11) is 2.16. The molecule has 1 heterocycles. The number of phenolic OH excluding ortho intramolecular Hbond substituents is 1. The van der Waals surface area contributed by atoms with Gasteiger partial charge in [0.2, 0.25) is 0 Å². The van der Waals surface area contributed by atoms with Crippen LogP contribution in [0.1, 0.15) is 18.4 Å². The van der Waals surface area contributed by atoms with Gasteiger partial charge in [0.25, 0.3) is 0 Å². The minimum Gasteiger partial charge on any atom is -0.508 e. The number of hydrogen-bond acceptors (Lipinski definition) is 3. The molecule has 1 saturated heterocycles. The molecule has 0 saturated carbocycles. The summed E-state index contributed by atoms with van der Waals surface area (Å²) in [5.41, 5.74) is 1.18. The minimum atomic E-state index is 0.359. The number of rotatable bonds is 4. The molecule has 1 aliphatic rings. The summed E-state index contributed by atoms with van der Waals surface area (Å²) in [5.74, 6) is 1.18. The van der Waals surface area contributed by atoms with Crippen LogP contribution in [0.25, 0.3) is 0 Å². The molecular formula is C14H22N2O. The van der Waals surface area contributed by atoms with Crippen LogP contribution in [-0.2, 0) is 6.54 Å².